The molecule has 2 fully saturated rings. The molecule has 2 atom stereocenters. The van der Waals surface area contributed by atoms with Gasteiger partial charge in [-0.1, -0.05) is 17.7 Å². The van der Waals surface area contributed by atoms with Gasteiger partial charge < -0.3 is 24.4 Å². The molecule has 2 N–H and O–H groups in total. The first-order valence-corrected chi connectivity index (χ1v) is 12.7. The molecule has 1 aromatic heterocycles. The average Bonchev–Trinajstić information content (AvgIpc) is 3.21. The SMILES string of the molecule is CC(O)OCCN1C(=S)N(c2ccccn2)C(=O)C1=C1OC(Cl)CN1CCCCS(=O)(=O)O. The molecule has 182 valence electrons. The van der Waals surface area contributed by atoms with Crippen LogP contribution in [0.2, 0.25) is 0 Å². The number of hydrogen-bond donors (Lipinski definition) is 2. The number of aromatic nitrogens is 1. The molecule has 14 heteroatoms. The average molecular weight is 521 g/mol. The summed E-state index contributed by atoms with van der Waals surface area (Å²) in [5.41, 5.74) is -0.576. The topological polar surface area (TPSA) is 133 Å². The monoisotopic (exact) mass is 520 g/mol. The van der Waals surface area contributed by atoms with E-state index in [1.54, 1.807) is 34.2 Å². The molecule has 0 saturated carbocycles. The Morgan fingerprint density at radius 2 is 2.12 bits per heavy atom. The first-order chi connectivity index (χ1) is 15.6. The summed E-state index contributed by atoms with van der Waals surface area (Å²) in [6.45, 7) is 2.33. The fourth-order valence-corrected chi connectivity index (χ4v) is 4.60. The number of amides is 1. The van der Waals surface area contributed by atoms with Gasteiger partial charge in [0, 0.05) is 19.3 Å². The molecular formula is C19H25ClN4O7S2. The zero-order valence-electron chi connectivity index (χ0n) is 17.8. The van der Waals surface area contributed by atoms with Crippen LogP contribution in [0.15, 0.2) is 36.0 Å². The van der Waals surface area contributed by atoms with E-state index in [-0.39, 0.29) is 48.6 Å². The molecule has 3 rings (SSSR count). The number of halogens is 1. The summed E-state index contributed by atoms with van der Waals surface area (Å²) in [6, 6.07) is 5.09. The first kappa shape index (κ1) is 25.6. The number of pyridine rings is 1. The number of anilines is 1. The minimum Gasteiger partial charge on any atom is -0.456 e. The quantitative estimate of drug-likeness (QED) is 0.115. The van der Waals surface area contributed by atoms with Crippen molar-refractivity contribution in [3.05, 3.63) is 36.0 Å². The van der Waals surface area contributed by atoms with Crippen molar-refractivity contribution in [2.24, 2.45) is 0 Å². The summed E-state index contributed by atoms with van der Waals surface area (Å²) >= 11 is 11.8. The van der Waals surface area contributed by atoms with Crippen LogP contribution in [0.5, 0.6) is 0 Å². The summed E-state index contributed by atoms with van der Waals surface area (Å²) < 4.78 is 41.9. The summed E-state index contributed by atoms with van der Waals surface area (Å²) in [5, 5.41) is 9.59. The molecule has 0 spiro atoms. The van der Waals surface area contributed by atoms with Gasteiger partial charge in [-0.3, -0.25) is 9.35 Å². The third-order valence-corrected chi connectivity index (χ3v) is 6.26. The summed E-state index contributed by atoms with van der Waals surface area (Å²) in [6.07, 6.45) is 1.19. The van der Waals surface area contributed by atoms with Crippen LogP contribution in [-0.2, 0) is 24.4 Å². The Labute approximate surface area is 202 Å². The van der Waals surface area contributed by atoms with Crippen molar-refractivity contribution >= 4 is 50.8 Å². The standard InChI is InChI=1S/C19H25ClN4O7S2/c1-13(25)30-10-9-23-16(17(26)24(19(23)32)15-6-2-3-7-21-15)18-22(12-14(20)31-18)8-4-5-11-33(27,28)29/h2-3,6-7,13-14,25H,4-5,8-12H2,1H3,(H,27,28,29). The van der Waals surface area contributed by atoms with E-state index in [2.05, 4.69) is 4.98 Å². The van der Waals surface area contributed by atoms with E-state index < -0.39 is 27.9 Å². The van der Waals surface area contributed by atoms with Crippen LogP contribution < -0.4 is 4.90 Å². The maximum absolute atomic E-state index is 13.5. The van der Waals surface area contributed by atoms with E-state index in [1.807, 2.05) is 0 Å². The van der Waals surface area contributed by atoms with Gasteiger partial charge in [0.15, 0.2) is 22.7 Å². The van der Waals surface area contributed by atoms with E-state index in [1.165, 1.54) is 11.8 Å². The lowest BCUT2D eigenvalue weighted by Gasteiger charge is -2.23. The molecule has 0 aliphatic carbocycles. The highest BCUT2D eigenvalue weighted by Gasteiger charge is 2.45. The molecule has 0 radical (unpaired) electrons. The molecule has 0 aromatic carbocycles. The van der Waals surface area contributed by atoms with E-state index >= 15 is 0 Å². The van der Waals surface area contributed by atoms with E-state index in [9.17, 15) is 18.3 Å². The number of carbonyl (C=O) groups is 1. The second kappa shape index (κ2) is 10.9. The molecule has 0 bridgehead atoms. The Morgan fingerprint density at radius 3 is 2.76 bits per heavy atom. The lowest BCUT2D eigenvalue weighted by Crippen LogP contribution is -2.35. The van der Waals surface area contributed by atoms with Gasteiger partial charge in [0.05, 0.1) is 18.9 Å². The predicted molar refractivity (Wildman–Crippen MR) is 124 cm³/mol. The Morgan fingerprint density at radius 1 is 1.36 bits per heavy atom. The zero-order valence-corrected chi connectivity index (χ0v) is 20.2. The van der Waals surface area contributed by atoms with Gasteiger partial charge in [-0.05, 0) is 44.1 Å². The number of aliphatic hydroxyl groups is 1. The maximum Gasteiger partial charge on any atom is 0.288 e. The van der Waals surface area contributed by atoms with E-state index in [0.717, 1.165) is 0 Å². The number of aliphatic hydroxyl groups excluding tert-OH is 1. The molecule has 2 aliphatic rings. The highest BCUT2D eigenvalue weighted by atomic mass is 35.5. The highest BCUT2D eigenvalue weighted by molar-refractivity contribution is 7.85. The van der Waals surface area contributed by atoms with Crippen molar-refractivity contribution in [1.82, 2.24) is 14.8 Å². The zero-order chi connectivity index (χ0) is 24.2. The van der Waals surface area contributed by atoms with E-state index in [4.69, 9.17) is 37.8 Å². The number of thiocarbonyl (C=S) groups is 1. The number of nitrogens with zero attached hydrogens (tertiary/aromatic N) is 4. The summed E-state index contributed by atoms with van der Waals surface area (Å²) in [5.74, 6) is -0.272. The Balaban J connectivity index is 1.89. The van der Waals surface area contributed by atoms with Crippen LogP contribution in [0, 0.1) is 0 Å². The van der Waals surface area contributed by atoms with Gasteiger partial charge in [0.1, 0.15) is 5.82 Å². The Hall–Kier alpha value is -2.03. The normalized spacial score (nSPS) is 22.3. The van der Waals surface area contributed by atoms with Gasteiger partial charge in [-0.15, -0.1) is 0 Å². The fourth-order valence-electron chi connectivity index (χ4n) is 3.42. The Bertz CT molecular complexity index is 1010. The molecule has 11 nitrogen and oxygen atoms in total. The number of alkyl halides is 1. The van der Waals surface area contributed by atoms with Gasteiger partial charge in [0.2, 0.25) is 5.88 Å². The minimum atomic E-state index is -4.06. The molecule has 2 unspecified atom stereocenters. The smallest absolute Gasteiger partial charge is 0.288 e. The number of unbranched alkanes of at least 4 members (excludes halogenated alkanes) is 1. The molecule has 33 heavy (non-hydrogen) atoms. The number of hydrogen-bond acceptors (Lipinski definition) is 9. The van der Waals surface area contributed by atoms with Gasteiger partial charge in [-0.25, -0.2) is 9.88 Å². The lowest BCUT2D eigenvalue weighted by atomic mass is 10.3. The molecule has 2 aliphatic heterocycles. The second-order valence-corrected chi connectivity index (χ2v) is 9.78. The van der Waals surface area contributed by atoms with Gasteiger partial charge >= 0.3 is 0 Å². The maximum atomic E-state index is 13.5. The second-order valence-electron chi connectivity index (χ2n) is 7.35. The molecule has 2 saturated heterocycles. The summed E-state index contributed by atoms with van der Waals surface area (Å²) in [7, 11) is -4.06. The van der Waals surface area contributed by atoms with Crippen LogP contribution >= 0.6 is 23.8 Å². The number of ether oxygens (including phenoxy) is 2. The minimum absolute atomic E-state index is 0.0799. The molecule has 1 amide bonds. The van der Waals surface area contributed by atoms with Gasteiger partial charge in [-0.2, -0.15) is 8.42 Å². The molecule has 1 aromatic rings. The number of rotatable bonds is 10. The first-order valence-electron chi connectivity index (χ1n) is 10.2. The third-order valence-electron chi connectivity index (χ3n) is 4.82. The van der Waals surface area contributed by atoms with Crippen LogP contribution in [0.1, 0.15) is 19.8 Å². The third kappa shape index (κ3) is 6.52. The predicted octanol–water partition coefficient (Wildman–Crippen LogP) is 1.10. The largest absolute Gasteiger partial charge is 0.456 e. The van der Waals surface area contributed by atoms with Crippen molar-refractivity contribution < 1.29 is 32.3 Å². The summed E-state index contributed by atoms with van der Waals surface area (Å²) in [4.78, 5) is 22.3. The van der Waals surface area contributed by atoms with Crippen LogP contribution in [0.3, 0.4) is 0 Å². The van der Waals surface area contributed by atoms with Crippen molar-refractivity contribution in [2.75, 3.05) is 36.9 Å². The van der Waals surface area contributed by atoms with Crippen LogP contribution in [0.4, 0.5) is 5.82 Å². The molecular weight excluding hydrogens is 496 g/mol. The fraction of sp³-hybridized carbons (Fsp3) is 0.526. The molecule has 3 heterocycles. The Kier molecular flexibility index (Phi) is 8.48. The highest BCUT2D eigenvalue weighted by Crippen LogP contribution is 2.33. The van der Waals surface area contributed by atoms with E-state index in [0.29, 0.717) is 18.8 Å². The van der Waals surface area contributed by atoms with Crippen molar-refractivity contribution in [1.29, 1.82) is 0 Å². The van der Waals surface area contributed by atoms with Crippen LogP contribution in [0.25, 0.3) is 0 Å². The van der Waals surface area contributed by atoms with Crippen molar-refractivity contribution in [3.8, 4) is 0 Å². The number of carbonyl (C=O) groups excluding carboxylic acids is 1. The van der Waals surface area contributed by atoms with Crippen LogP contribution in [-0.4, -0.2) is 87.7 Å². The van der Waals surface area contributed by atoms with Gasteiger partial charge in [0.25, 0.3) is 16.0 Å². The lowest BCUT2D eigenvalue weighted by molar-refractivity contribution is -0.114. The van der Waals surface area contributed by atoms with Crippen molar-refractivity contribution in [3.63, 3.8) is 0 Å². The van der Waals surface area contributed by atoms with Crippen molar-refractivity contribution in [2.45, 2.75) is 31.6 Å².